The van der Waals surface area contributed by atoms with E-state index in [1.54, 1.807) is 29.1 Å². The monoisotopic (exact) mass is 282 g/mol. The van der Waals surface area contributed by atoms with Crippen molar-refractivity contribution in [1.82, 2.24) is 0 Å². The van der Waals surface area contributed by atoms with Gasteiger partial charge in [-0.3, -0.25) is 4.79 Å². The second-order valence-corrected chi connectivity index (χ2v) is 4.32. The van der Waals surface area contributed by atoms with Gasteiger partial charge in [0.25, 0.3) is 5.91 Å². The molecular weight excluding hydrogens is 270 g/mol. The first-order chi connectivity index (χ1) is 9.36. The number of carbonyl (C=O) groups excluding carboxylic acids is 1. The Bertz CT molecular complexity index is 621. The molecule has 3 nitrogen and oxygen atoms in total. The lowest BCUT2D eigenvalue weighted by atomic mass is 10.1. The van der Waals surface area contributed by atoms with E-state index in [0.717, 1.165) is 12.1 Å². The number of primary amides is 1. The Labute approximate surface area is 113 Å². The summed E-state index contributed by atoms with van der Waals surface area (Å²) in [4.78, 5) is 11.0. The highest BCUT2D eigenvalue weighted by molar-refractivity contribution is 5.92. The van der Waals surface area contributed by atoms with E-state index in [-0.39, 0.29) is 0 Å². The van der Waals surface area contributed by atoms with Gasteiger partial charge in [-0.1, -0.05) is 12.1 Å². The predicted molar refractivity (Wildman–Crippen MR) is 65.7 cm³/mol. The molecule has 0 radical (unpaired) electrons. The molecule has 0 saturated heterocycles. The molecule has 0 aliphatic rings. The molecule has 0 atom stereocenters. The van der Waals surface area contributed by atoms with Crippen LogP contribution in [0.5, 0.6) is 0 Å². The van der Waals surface area contributed by atoms with Crippen molar-refractivity contribution < 1.29 is 22.5 Å². The van der Waals surface area contributed by atoms with Crippen LogP contribution >= 0.6 is 0 Å². The van der Waals surface area contributed by atoms with Crippen LogP contribution in [0.25, 0.3) is 0 Å². The lowest BCUT2D eigenvalue weighted by Crippen LogP contribution is -2.35. The molecule has 0 aliphatic heterocycles. The van der Waals surface area contributed by atoms with Crippen LogP contribution in [0.15, 0.2) is 48.8 Å². The average molecular weight is 282 g/mol. The van der Waals surface area contributed by atoms with Crippen LogP contribution in [0.3, 0.4) is 0 Å². The smallest absolute Gasteiger partial charge is 0.365 e. The molecule has 0 unspecified atom stereocenters. The number of rotatable bonds is 3. The topological polar surface area (TPSA) is 47.0 Å². The molecule has 0 bridgehead atoms. The number of nitrogens with two attached hydrogens (primary N) is 1. The highest BCUT2D eigenvalue weighted by Gasteiger charge is 2.30. The van der Waals surface area contributed by atoms with Gasteiger partial charge in [-0.05, 0) is 18.2 Å². The Morgan fingerprint density at radius 2 is 1.80 bits per heavy atom. The van der Waals surface area contributed by atoms with Gasteiger partial charge in [-0.15, -0.1) is 0 Å². The van der Waals surface area contributed by atoms with Gasteiger partial charge in [0.15, 0.2) is 18.9 Å². The summed E-state index contributed by atoms with van der Waals surface area (Å²) in [5, 5.41) is 0. The molecule has 0 saturated carbocycles. The van der Waals surface area contributed by atoms with Crippen LogP contribution in [0, 0.1) is 0 Å². The number of aromatic nitrogens is 1. The van der Waals surface area contributed by atoms with Gasteiger partial charge in [0.05, 0.1) is 5.56 Å². The van der Waals surface area contributed by atoms with E-state index in [1.807, 2.05) is 0 Å². The first-order valence-electron chi connectivity index (χ1n) is 5.81. The molecular formula is C14H12F3N2O+. The minimum Gasteiger partial charge on any atom is -0.365 e. The number of pyridine rings is 1. The van der Waals surface area contributed by atoms with E-state index in [9.17, 15) is 18.0 Å². The van der Waals surface area contributed by atoms with Gasteiger partial charge in [0.2, 0.25) is 0 Å². The number of amides is 1. The molecule has 0 spiro atoms. The fraction of sp³-hybridized carbons (Fsp3) is 0.143. The molecule has 0 fully saturated rings. The Kier molecular flexibility index (Phi) is 3.74. The number of nitrogens with zero attached hydrogens (tertiary/aromatic N) is 1. The number of hydrogen-bond acceptors (Lipinski definition) is 1. The maximum Gasteiger partial charge on any atom is 0.416 e. The molecule has 1 heterocycles. The highest BCUT2D eigenvalue weighted by Crippen LogP contribution is 2.28. The summed E-state index contributed by atoms with van der Waals surface area (Å²) in [6.45, 7) is 0.360. The fourth-order valence-electron chi connectivity index (χ4n) is 1.78. The summed E-state index contributed by atoms with van der Waals surface area (Å²) in [5.41, 5.74) is 5.53. The van der Waals surface area contributed by atoms with E-state index in [4.69, 9.17) is 5.73 Å². The summed E-state index contributed by atoms with van der Waals surface area (Å²) in [7, 11) is 0. The average Bonchev–Trinajstić information content (AvgIpc) is 2.38. The lowest BCUT2D eigenvalue weighted by molar-refractivity contribution is -0.688. The van der Waals surface area contributed by atoms with Crippen LogP contribution < -0.4 is 10.3 Å². The van der Waals surface area contributed by atoms with Gasteiger partial charge in [0.1, 0.15) is 5.56 Å². The van der Waals surface area contributed by atoms with Crippen LogP contribution in [-0.2, 0) is 12.7 Å². The van der Waals surface area contributed by atoms with E-state index >= 15 is 0 Å². The largest absolute Gasteiger partial charge is 0.416 e. The second-order valence-electron chi connectivity index (χ2n) is 4.32. The van der Waals surface area contributed by atoms with E-state index < -0.39 is 17.6 Å². The minimum atomic E-state index is -4.34. The third-order valence-electron chi connectivity index (χ3n) is 2.79. The highest BCUT2D eigenvalue weighted by atomic mass is 19.4. The quantitative estimate of drug-likeness (QED) is 0.861. The van der Waals surface area contributed by atoms with Crippen molar-refractivity contribution in [2.75, 3.05) is 0 Å². The summed E-state index contributed by atoms with van der Waals surface area (Å²) < 4.78 is 39.0. The zero-order chi connectivity index (χ0) is 14.8. The molecule has 20 heavy (non-hydrogen) atoms. The van der Waals surface area contributed by atoms with E-state index in [2.05, 4.69) is 0 Å². The first kappa shape index (κ1) is 14.0. The van der Waals surface area contributed by atoms with E-state index in [0.29, 0.717) is 17.7 Å². The number of alkyl halides is 3. The van der Waals surface area contributed by atoms with E-state index in [1.165, 1.54) is 12.1 Å². The number of carbonyl (C=O) groups is 1. The molecule has 1 aromatic heterocycles. The zero-order valence-corrected chi connectivity index (χ0v) is 10.4. The van der Waals surface area contributed by atoms with Crippen molar-refractivity contribution >= 4 is 5.91 Å². The molecule has 6 heteroatoms. The Balaban J connectivity index is 2.18. The lowest BCUT2D eigenvalue weighted by Gasteiger charge is -2.06. The van der Waals surface area contributed by atoms with Gasteiger partial charge in [0, 0.05) is 11.6 Å². The summed E-state index contributed by atoms with van der Waals surface area (Å²) in [6, 6.07) is 8.12. The van der Waals surface area contributed by atoms with Gasteiger partial charge in [-0.2, -0.15) is 17.7 Å². The Morgan fingerprint density at radius 3 is 2.35 bits per heavy atom. The molecule has 104 valence electrons. The number of halogens is 3. The van der Waals surface area contributed by atoms with Crippen molar-refractivity contribution in [3.05, 3.63) is 65.5 Å². The third-order valence-corrected chi connectivity index (χ3v) is 2.79. The third kappa shape index (κ3) is 3.34. The predicted octanol–water partition coefficient (Wildman–Crippen LogP) is 2.14. The van der Waals surface area contributed by atoms with Crippen LogP contribution in [0.2, 0.25) is 0 Å². The van der Waals surface area contributed by atoms with Crippen LogP contribution in [-0.4, -0.2) is 5.91 Å². The number of benzene rings is 1. The molecule has 2 N–H and O–H groups in total. The van der Waals surface area contributed by atoms with Gasteiger partial charge in [-0.25, -0.2) is 0 Å². The molecule has 1 amide bonds. The Hall–Kier alpha value is -2.37. The second kappa shape index (κ2) is 5.32. The van der Waals surface area contributed by atoms with Crippen molar-refractivity contribution in [2.24, 2.45) is 5.73 Å². The van der Waals surface area contributed by atoms with Gasteiger partial charge < -0.3 is 5.73 Å². The maximum absolute atomic E-state index is 12.4. The summed E-state index contributed by atoms with van der Waals surface area (Å²) in [6.07, 6.45) is -1.07. The first-order valence-corrected chi connectivity index (χ1v) is 5.81. The van der Waals surface area contributed by atoms with Crippen LogP contribution in [0.1, 0.15) is 21.5 Å². The SMILES string of the molecule is NC(=O)c1ccc[15n+](Cc2ccc(C(F)(F)F)cc2)c1. The summed E-state index contributed by atoms with van der Waals surface area (Å²) >= 11 is 0. The standard InChI is InChI=1S/C14H11F3N2O/c15-14(16,17)12-5-3-10(4-6-12)8-19-7-1-2-11(9-19)13(18)20/h1-7,9H,8H2,(H-,18,20)/p+1/i19+1. The molecule has 2 aromatic rings. The molecule has 2 rings (SSSR count). The van der Waals surface area contributed by atoms with Crippen molar-refractivity contribution in [3.63, 3.8) is 0 Å². The van der Waals surface area contributed by atoms with Gasteiger partial charge >= 0.3 is 6.18 Å². The molecule has 1 aromatic carbocycles. The normalized spacial score (nSPS) is 11.3. The zero-order valence-electron chi connectivity index (χ0n) is 10.4. The van der Waals surface area contributed by atoms with Crippen molar-refractivity contribution in [1.29, 1.82) is 0 Å². The Morgan fingerprint density at radius 1 is 1.15 bits per heavy atom. The summed E-state index contributed by atoms with van der Waals surface area (Å²) in [5.74, 6) is -0.549. The maximum atomic E-state index is 12.4. The molecule has 0 aliphatic carbocycles. The fourth-order valence-corrected chi connectivity index (χ4v) is 1.78. The minimum absolute atomic E-state index is 0.347. The van der Waals surface area contributed by atoms with Crippen molar-refractivity contribution in [3.8, 4) is 0 Å². The van der Waals surface area contributed by atoms with Crippen LogP contribution in [0.4, 0.5) is 13.2 Å². The number of hydrogen-bond donors (Lipinski definition) is 1. The van der Waals surface area contributed by atoms with Crippen molar-refractivity contribution in [2.45, 2.75) is 12.7 Å².